The molecule has 2 aromatic rings. The van der Waals surface area contributed by atoms with Crippen LogP contribution in [0, 0.1) is 0 Å². The van der Waals surface area contributed by atoms with Gasteiger partial charge in [0.15, 0.2) is 0 Å². The third-order valence-electron chi connectivity index (χ3n) is 2.56. The van der Waals surface area contributed by atoms with Gasteiger partial charge >= 0.3 is 0 Å². The van der Waals surface area contributed by atoms with Gasteiger partial charge in [0.1, 0.15) is 0 Å². The van der Waals surface area contributed by atoms with Crippen LogP contribution in [0.1, 0.15) is 10.4 Å². The second kappa shape index (κ2) is 6.28. The van der Waals surface area contributed by atoms with Crippen molar-refractivity contribution in [3.05, 3.63) is 52.5 Å². The third-order valence-corrected chi connectivity index (χ3v) is 3.34. The SMILES string of the molecule is N[C@H](Cc1ccccc1)C(=O)NCc1cncs1. The van der Waals surface area contributed by atoms with Gasteiger partial charge in [-0.1, -0.05) is 30.3 Å². The zero-order chi connectivity index (χ0) is 12.8. The molecule has 1 aromatic carbocycles. The Morgan fingerprint density at radius 1 is 1.39 bits per heavy atom. The number of benzene rings is 1. The molecule has 0 unspecified atom stereocenters. The number of hydrogen-bond donors (Lipinski definition) is 2. The lowest BCUT2D eigenvalue weighted by Gasteiger charge is -2.11. The monoisotopic (exact) mass is 261 g/mol. The Labute approximate surface area is 110 Å². The van der Waals surface area contributed by atoms with Crippen molar-refractivity contribution >= 4 is 17.2 Å². The molecule has 1 heterocycles. The van der Waals surface area contributed by atoms with Crippen molar-refractivity contribution in [1.29, 1.82) is 0 Å². The van der Waals surface area contributed by atoms with Gasteiger partial charge in [0.2, 0.25) is 5.91 Å². The van der Waals surface area contributed by atoms with E-state index in [1.54, 1.807) is 11.7 Å². The van der Waals surface area contributed by atoms with Crippen molar-refractivity contribution in [1.82, 2.24) is 10.3 Å². The van der Waals surface area contributed by atoms with Crippen LogP contribution in [0.2, 0.25) is 0 Å². The highest BCUT2D eigenvalue weighted by Crippen LogP contribution is 2.05. The van der Waals surface area contributed by atoms with Crippen LogP contribution in [0.5, 0.6) is 0 Å². The molecule has 0 fully saturated rings. The lowest BCUT2D eigenvalue weighted by atomic mass is 10.1. The molecule has 0 saturated heterocycles. The molecule has 0 radical (unpaired) electrons. The summed E-state index contributed by atoms with van der Waals surface area (Å²) < 4.78 is 0. The van der Waals surface area contributed by atoms with Crippen molar-refractivity contribution in [3.8, 4) is 0 Å². The number of thiazole rings is 1. The van der Waals surface area contributed by atoms with E-state index in [2.05, 4.69) is 10.3 Å². The molecular weight excluding hydrogens is 246 g/mol. The van der Waals surface area contributed by atoms with E-state index in [1.807, 2.05) is 30.3 Å². The van der Waals surface area contributed by atoms with Gasteiger partial charge in [-0.3, -0.25) is 9.78 Å². The molecule has 3 N–H and O–H groups in total. The van der Waals surface area contributed by atoms with Crippen molar-refractivity contribution in [2.24, 2.45) is 5.73 Å². The smallest absolute Gasteiger partial charge is 0.237 e. The Bertz CT molecular complexity index is 484. The maximum absolute atomic E-state index is 11.8. The summed E-state index contributed by atoms with van der Waals surface area (Å²) in [5.41, 5.74) is 8.67. The first-order valence-corrected chi connectivity index (χ1v) is 6.58. The number of nitrogens with two attached hydrogens (primary N) is 1. The van der Waals surface area contributed by atoms with Gasteiger partial charge in [-0.05, 0) is 12.0 Å². The Kier molecular flexibility index (Phi) is 4.44. The molecule has 2 rings (SSSR count). The highest BCUT2D eigenvalue weighted by atomic mass is 32.1. The van der Waals surface area contributed by atoms with Crippen LogP contribution in [0.15, 0.2) is 42.0 Å². The number of rotatable bonds is 5. The van der Waals surface area contributed by atoms with E-state index in [1.165, 1.54) is 11.3 Å². The Morgan fingerprint density at radius 3 is 2.83 bits per heavy atom. The molecule has 4 nitrogen and oxygen atoms in total. The van der Waals surface area contributed by atoms with E-state index in [9.17, 15) is 4.79 Å². The molecule has 5 heteroatoms. The summed E-state index contributed by atoms with van der Waals surface area (Å²) in [5.74, 6) is -0.132. The second-order valence-corrected chi connectivity index (χ2v) is 4.95. The fourth-order valence-corrected chi connectivity index (χ4v) is 2.13. The van der Waals surface area contributed by atoms with Gasteiger partial charge in [0.25, 0.3) is 0 Å². The lowest BCUT2D eigenvalue weighted by Crippen LogP contribution is -2.41. The van der Waals surface area contributed by atoms with Crippen LogP contribution in [-0.2, 0) is 17.8 Å². The van der Waals surface area contributed by atoms with Crippen LogP contribution in [0.25, 0.3) is 0 Å². The van der Waals surface area contributed by atoms with Gasteiger partial charge in [-0.15, -0.1) is 11.3 Å². The molecular formula is C13H15N3OS. The third kappa shape index (κ3) is 3.65. The molecule has 0 aliphatic heterocycles. The zero-order valence-electron chi connectivity index (χ0n) is 9.87. The van der Waals surface area contributed by atoms with E-state index in [0.29, 0.717) is 13.0 Å². The number of amides is 1. The minimum Gasteiger partial charge on any atom is -0.350 e. The van der Waals surface area contributed by atoms with Crippen molar-refractivity contribution < 1.29 is 4.79 Å². The second-order valence-electron chi connectivity index (χ2n) is 3.98. The lowest BCUT2D eigenvalue weighted by molar-refractivity contribution is -0.122. The first kappa shape index (κ1) is 12.7. The van der Waals surface area contributed by atoms with Gasteiger partial charge in [-0.2, -0.15) is 0 Å². The predicted octanol–water partition coefficient (Wildman–Crippen LogP) is 1.33. The van der Waals surface area contributed by atoms with Gasteiger partial charge < -0.3 is 11.1 Å². The van der Waals surface area contributed by atoms with Gasteiger partial charge in [0.05, 0.1) is 18.1 Å². The molecule has 94 valence electrons. The van der Waals surface area contributed by atoms with Crippen molar-refractivity contribution in [3.63, 3.8) is 0 Å². The average molecular weight is 261 g/mol. The summed E-state index contributed by atoms with van der Waals surface area (Å²) in [6.45, 7) is 0.492. The first-order valence-electron chi connectivity index (χ1n) is 5.70. The highest BCUT2D eigenvalue weighted by molar-refractivity contribution is 7.09. The summed E-state index contributed by atoms with van der Waals surface area (Å²) >= 11 is 1.51. The zero-order valence-corrected chi connectivity index (χ0v) is 10.7. The van der Waals surface area contributed by atoms with E-state index < -0.39 is 6.04 Å². The molecule has 0 bridgehead atoms. The molecule has 18 heavy (non-hydrogen) atoms. The molecule has 1 amide bonds. The Balaban J connectivity index is 1.82. The number of nitrogens with one attached hydrogen (secondary N) is 1. The van der Waals surface area contributed by atoms with Crippen LogP contribution < -0.4 is 11.1 Å². The number of carbonyl (C=O) groups is 1. The minimum absolute atomic E-state index is 0.132. The maximum atomic E-state index is 11.8. The summed E-state index contributed by atoms with van der Waals surface area (Å²) in [6.07, 6.45) is 2.29. The quantitative estimate of drug-likeness (QED) is 0.853. The van der Waals surface area contributed by atoms with Crippen LogP contribution in [0.3, 0.4) is 0 Å². The van der Waals surface area contributed by atoms with Crippen LogP contribution >= 0.6 is 11.3 Å². The van der Waals surface area contributed by atoms with E-state index in [0.717, 1.165) is 10.4 Å². The summed E-state index contributed by atoms with van der Waals surface area (Å²) in [5, 5.41) is 2.81. The minimum atomic E-state index is -0.514. The molecule has 0 aliphatic carbocycles. The molecule has 0 aliphatic rings. The fraction of sp³-hybridized carbons (Fsp3) is 0.231. The number of carbonyl (C=O) groups excluding carboxylic acids is 1. The van der Waals surface area contributed by atoms with Gasteiger partial charge in [0, 0.05) is 11.1 Å². The van der Waals surface area contributed by atoms with E-state index >= 15 is 0 Å². The largest absolute Gasteiger partial charge is 0.350 e. The number of aromatic nitrogens is 1. The molecule has 1 aromatic heterocycles. The Morgan fingerprint density at radius 2 is 2.17 bits per heavy atom. The predicted molar refractivity (Wildman–Crippen MR) is 72.1 cm³/mol. The highest BCUT2D eigenvalue weighted by Gasteiger charge is 2.13. The maximum Gasteiger partial charge on any atom is 0.237 e. The topological polar surface area (TPSA) is 68.0 Å². The Hall–Kier alpha value is -1.72. The van der Waals surface area contributed by atoms with Crippen LogP contribution in [0.4, 0.5) is 0 Å². The first-order chi connectivity index (χ1) is 8.75. The average Bonchev–Trinajstić information content (AvgIpc) is 2.90. The van der Waals surface area contributed by atoms with Crippen molar-refractivity contribution in [2.75, 3.05) is 0 Å². The van der Waals surface area contributed by atoms with Gasteiger partial charge in [-0.25, -0.2) is 0 Å². The van der Waals surface area contributed by atoms with E-state index in [4.69, 9.17) is 5.73 Å². The standard InChI is InChI=1S/C13H15N3OS/c14-12(6-10-4-2-1-3-5-10)13(17)16-8-11-7-15-9-18-11/h1-5,7,9,12H,6,8,14H2,(H,16,17)/t12-/m1/s1. The number of hydrogen-bond acceptors (Lipinski definition) is 4. The van der Waals surface area contributed by atoms with Crippen molar-refractivity contribution in [2.45, 2.75) is 19.0 Å². The fourth-order valence-electron chi connectivity index (χ4n) is 1.60. The van der Waals surface area contributed by atoms with Crippen LogP contribution in [-0.4, -0.2) is 16.9 Å². The molecule has 1 atom stereocenters. The number of nitrogens with zero attached hydrogens (tertiary/aromatic N) is 1. The molecule has 0 spiro atoms. The summed E-state index contributed by atoms with van der Waals surface area (Å²) in [6, 6.07) is 9.25. The van der Waals surface area contributed by atoms with E-state index in [-0.39, 0.29) is 5.91 Å². The summed E-state index contributed by atoms with van der Waals surface area (Å²) in [4.78, 5) is 16.8. The molecule has 0 saturated carbocycles. The normalized spacial score (nSPS) is 12.1. The summed E-state index contributed by atoms with van der Waals surface area (Å²) in [7, 11) is 0.